The van der Waals surface area contributed by atoms with Crippen LogP contribution < -0.4 is 0 Å². The third-order valence-electron chi connectivity index (χ3n) is 1.15. The van der Waals surface area contributed by atoms with Crippen molar-refractivity contribution in [2.75, 3.05) is 6.61 Å². The summed E-state index contributed by atoms with van der Waals surface area (Å²) in [6.07, 6.45) is 4.00. The summed E-state index contributed by atoms with van der Waals surface area (Å²) >= 11 is 0. The van der Waals surface area contributed by atoms with Crippen LogP contribution in [0.4, 0.5) is 4.79 Å². The summed E-state index contributed by atoms with van der Waals surface area (Å²) in [6, 6.07) is 1.87. The summed E-state index contributed by atoms with van der Waals surface area (Å²) in [6.45, 7) is 0.119. The van der Waals surface area contributed by atoms with Crippen LogP contribution in [0.3, 0.4) is 0 Å². The topological polar surface area (TPSA) is 67.9 Å². The normalized spacial score (nSPS) is 8.92. The first kappa shape index (κ1) is 8.27. The SMILES string of the molecule is N#CCCOC(=O)n1ccnc1. The van der Waals surface area contributed by atoms with E-state index in [0.29, 0.717) is 0 Å². The zero-order valence-electron chi connectivity index (χ0n) is 6.30. The second kappa shape index (κ2) is 4.13. The second-order valence-electron chi connectivity index (χ2n) is 1.99. The van der Waals surface area contributed by atoms with Crippen molar-refractivity contribution < 1.29 is 9.53 Å². The molecule has 1 aromatic heterocycles. The van der Waals surface area contributed by atoms with Gasteiger partial charge in [-0.2, -0.15) is 5.26 Å². The van der Waals surface area contributed by atoms with E-state index in [1.807, 2.05) is 6.07 Å². The van der Waals surface area contributed by atoms with Gasteiger partial charge in [0.1, 0.15) is 12.9 Å². The zero-order valence-corrected chi connectivity index (χ0v) is 6.30. The second-order valence-corrected chi connectivity index (χ2v) is 1.99. The van der Waals surface area contributed by atoms with Crippen LogP contribution in [-0.2, 0) is 4.74 Å². The van der Waals surface area contributed by atoms with Crippen LogP contribution in [0.5, 0.6) is 0 Å². The minimum absolute atomic E-state index is 0.119. The van der Waals surface area contributed by atoms with Gasteiger partial charge in [-0.3, -0.25) is 0 Å². The van der Waals surface area contributed by atoms with E-state index in [2.05, 4.69) is 9.72 Å². The lowest BCUT2D eigenvalue weighted by atomic mass is 10.5. The Morgan fingerprint density at radius 1 is 1.75 bits per heavy atom. The first-order valence-electron chi connectivity index (χ1n) is 3.36. The van der Waals surface area contributed by atoms with Gasteiger partial charge in [0.05, 0.1) is 12.5 Å². The highest BCUT2D eigenvalue weighted by atomic mass is 16.5. The third-order valence-corrected chi connectivity index (χ3v) is 1.15. The van der Waals surface area contributed by atoms with Crippen molar-refractivity contribution in [3.63, 3.8) is 0 Å². The van der Waals surface area contributed by atoms with Crippen molar-refractivity contribution in [3.05, 3.63) is 18.7 Å². The summed E-state index contributed by atoms with van der Waals surface area (Å²) in [5.41, 5.74) is 0. The number of nitriles is 1. The molecule has 0 aliphatic rings. The molecule has 0 amide bonds. The lowest BCUT2D eigenvalue weighted by Crippen LogP contribution is -2.12. The molecule has 0 fully saturated rings. The molecule has 12 heavy (non-hydrogen) atoms. The van der Waals surface area contributed by atoms with E-state index in [0.717, 1.165) is 0 Å². The maximum atomic E-state index is 11.0. The fraction of sp³-hybridized carbons (Fsp3) is 0.286. The van der Waals surface area contributed by atoms with Crippen LogP contribution >= 0.6 is 0 Å². The standard InChI is InChI=1S/C7H7N3O2/c8-2-1-5-12-7(11)10-4-3-9-6-10/h3-4,6H,1,5H2. The molecule has 0 aliphatic heterocycles. The molecule has 0 aliphatic carbocycles. The highest BCUT2D eigenvalue weighted by molar-refractivity contribution is 5.69. The minimum Gasteiger partial charge on any atom is -0.448 e. The smallest absolute Gasteiger partial charge is 0.419 e. The van der Waals surface area contributed by atoms with Gasteiger partial charge >= 0.3 is 6.09 Å². The largest absolute Gasteiger partial charge is 0.448 e. The fourth-order valence-corrected chi connectivity index (χ4v) is 0.626. The predicted molar refractivity (Wildman–Crippen MR) is 39.2 cm³/mol. The molecular weight excluding hydrogens is 158 g/mol. The van der Waals surface area contributed by atoms with Gasteiger partial charge in [-0.15, -0.1) is 0 Å². The van der Waals surface area contributed by atoms with Gasteiger partial charge in [-0.1, -0.05) is 0 Å². The highest BCUT2D eigenvalue weighted by Crippen LogP contribution is 1.90. The van der Waals surface area contributed by atoms with Crippen LogP contribution in [0.2, 0.25) is 0 Å². The molecular formula is C7H7N3O2. The van der Waals surface area contributed by atoms with E-state index in [4.69, 9.17) is 5.26 Å². The molecule has 1 heterocycles. The van der Waals surface area contributed by atoms with Crippen LogP contribution in [0, 0.1) is 11.3 Å². The molecule has 5 nitrogen and oxygen atoms in total. The van der Waals surface area contributed by atoms with Crippen LogP contribution in [-0.4, -0.2) is 22.3 Å². The van der Waals surface area contributed by atoms with Crippen molar-refractivity contribution >= 4 is 6.09 Å². The predicted octanol–water partition coefficient (Wildman–Crippen LogP) is 0.781. The molecule has 1 rings (SSSR count). The van der Waals surface area contributed by atoms with E-state index >= 15 is 0 Å². The molecule has 0 saturated heterocycles. The number of aromatic nitrogens is 2. The van der Waals surface area contributed by atoms with Crippen molar-refractivity contribution in [1.82, 2.24) is 9.55 Å². The van der Waals surface area contributed by atoms with Crippen LogP contribution in [0.15, 0.2) is 18.7 Å². The monoisotopic (exact) mass is 165 g/mol. The maximum absolute atomic E-state index is 11.0. The van der Waals surface area contributed by atoms with Crippen molar-refractivity contribution in [3.8, 4) is 6.07 Å². The van der Waals surface area contributed by atoms with Gasteiger partial charge < -0.3 is 4.74 Å². The molecule has 0 bridgehead atoms. The lowest BCUT2D eigenvalue weighted by molar-refractivity contribution is 0.150. The van der Waals surface area contributed by atoms with Crippen molar-refractivity contribution in [2.24, 2.45) is 0 Å². The number of hydrogen-bond acceptors (Lipinski definition) is 4. The number of nitrogens with zero attached hydrogens (tertiary/aromatic N) is 3. The Morgan fingerprint density at radius 3 is 3.17 bits per heavy atom. The lowest BCUT2D eigenvalue weighted by Gasteiger charge is -2.00. The van der Waals surface area contributed by atoms with Gasteiger partial charge in [0.2, 0.25) is 0 Å². The molecule has 0 saturated carbocycles. The highest BCUT2D eigenvalue weighted by Gasteiger charge is 2.02. The summed E-state index contributed by atoms with van der Waals surface area (Å²) in [5.74, 6) is 0. The Bertz CT molecular complexity index is 286. The zero-order chi connectivity index (χ0) is 8.81. The third kappa shape index (κ3) is 2.09. The van der Waals surface area contributed by atoms with Gasteiger partial charge in [0, 0.05) is 12.4 Å². The maximum Gasteiger partial charge on any atom is 0.419 e. The molecule has 62 valence electrons. The molecule has 0 radical (unpaired) electrons. The van der Waals surface area contributed by atoms with Gasteiger partial charge in [0.25, 0.3) is 0 Å². The fourth-order valence-electron chi connectivity index (χ4n) is 0.626. The number of hydrogen-bond donors (Lipinski definition) is 0. The summed E-state index contributed by atoms with van der Waals surface area (Å²) in [7, 11) is 0. The Hall–Kier alpha value is -1.83. The van der Waals surface area contributed by atoms with E-state index in [1.54, 1.807) is 0 Å². The molecule has 0 aromatic carbocycles. The quantitative estimate of drug-likeness (QED) is 0.607. The number of carbonyl (C=O) groups excluding carboxylic acids is 1. The first-order chi connectivity index (χ1) is 5.84. The van der Waals surface area contributed by atoms with E-state index in [-0.39, 0.29) is 13.0 Å². The van der Waals surface area contributed by atoms with Crippen molar-refractivity contribution in [2.45, 2.75) is 6.42 Å². The van der Waals surface area contributed by atoms with Crippen molar-refractivity contribution in [1.29, 1.82) is 5.26 Å². The molecule has 0 atom stereocenters. The molecule has 0 N–H and O–H groups in total. The number of carbonyl (C=O) groups is 1. The minimum atomic E-state index is -0.511. The average Bonchev–Trinajstić information content (AvgIpc) is 2.56. The Kier molecular flexibility index (Phi) is 2.85. The molecule has 5 heteroatoms. The van der Waals surface area contributed by atoms with Crippen LogP contribution in [0.1, 0.15) is 6.42 Å². The summed E-state index contributed by atoms with van der Waals surface area (Å²) < 4.78 is 5.89. The molecule has 0 unspecified atom stereocenters. The number of ether oxygens (including phenoxy) is 1. The van der Waals surface area contributed by atoms with Gasteiger partial charge in [-0.25, -0.2) is 14.3 Å². The van der Waals surface area contributed by atoms with E-state index in [1.165, 1.54) is 23.3 Å². The van der Waals surface area contributed by atoms with Gasteiger partial charge in [0.15, 0.2) is 0 Å². The van der Waals surface area contributed by atoms with Crippen LogP contribution in [0.25, 0.3) is 0 Å². The average molecular weight is 165 g/mol. The Labute approximate surface area is 69.2 Å². The van der Waals surface area contributed by atoms with Gasteiger partial charge in [-0.05, 0) is 0 Å². The number of imidazole rings is 1. The Morgan fingerprint density at radius 2 is 2.58 bits per heavy atom. The molecule has 1 aromatic rings. The molecule has 0 spiro atoms. The summed E-state index contributed by atoms with van der Waals surface area (Å²) in [5, 5.41) is 8.15. The van der Waals surface area contributed by atoms with E-state index < -0.39 is 6.09 Å². The first-order valence-corrected chi connectivity index (χ1v) is 3.36. The summed E-state index contributed by atoms with van der Waals surface area (Å²) in [4.78, 5) is 14.6. The number of rotatable bonds is 2. The van der Waals surface area contributed by atoms with E-state index in [9.17, 15) is 4.79 Å². The Balaban J connectivity index is 2.36.